The highest BCUT2D eigenvalue weighted by Crippen LogP contribution is 2.06. The Kier molecular flexibility index (Phi) is 3.82. The van der Waals surface area contributed by atoms with Gasteiger partial charge in [0.1, 0.15) is 5.76 Å². The summed E-state index contributed by atoms with van der Waals surface area (Å²) in [7, 11) is 1.53. The van der Waals surface area contributed by atoms with Gasteiger partial charge in [0.05, 0.1) is 25.5 Å². The summed E-state index contributed by atoms with van der Waals surface area (Å²) in [5.41, 5.74) is -0.443. The highest BCUT2D eigenvalue weighted by atomic mass is 16.5. The van der Waals surface area contributed by atoms with Gasteiger partial charge in [0.2, 0.25) is 0 Å². The second-order valence-corrected chi connectivity index (χ2v) is 2.90. The van der Waals surface area contributed by atoms with Crippen LogP contribution in [0.25, 0.3) is 0 Å². The third-order valence-electron chi connectivity index (χ3n) is 1.21. The Morgan fingerprint density at radius 1 is 1.73 bits per heavy atom. The van der Waals surface area contributed by atoms with Crippen LogP contribution in [0.2, 0.25) is 0 Å². The van der Waals surface area contributed by atoms with Gasteiger partial charge >= 0.3 is 0 Å². The molecule has 0 unspecified atom stereocenters. The van der Waals surface area contributed by atoms with Gasteiger partial charge in [-0.25, -0.2) is 0 Å². The van der Waals surface area contributed by atoms with Crippen LogP contribution in [0.1, 0.15) is 13.8 Å². The Bertz CT molecular complexity index is 161. The number of hydrogen-bond donors (Lipinski definition) is 1. The van der Waals surface area contributed by atoms with Crippen molar-refractivity contribution in [2.24, 2.45) is 4.99 Å². The maximum absolute atomic E-state index is 8.80. The van der Waals surface area contributed by atoms with Gasteiger partial charge in [0.25, 0.3) is 0 Å². The molecule has 0 saturated carbocycles. The maximum atomic E-state index is 8.80. The predicted octanol–water partition coefficient (Wildman–Crippen LogP) is 0.988. The minimum atomic E-state index is -0.443. The largest absolute Gasteiger partial charge is 0.496 e. The molecule has 0 aromatic heterocycles. The minimum absolute atomic E-state index is 0.0144. The van der Waals surface area contributed by atoms with E-state index in [-0.39, 0.29) is 6.61 Å². The number of aliphatic hydroxyl groups is 1. The maximum Gasteiger partial charge on any atom is 0.129 e. The second kappa shape index (κ2) is 4.13. The first-order chi connectivity index (χ1) is 5.02. The zero-order valence-electron chi connectivity index (χ0n) is 7.29. The Morgan fingerprint density at radius 3 is 2.64 bits per heavy atom. The van der Waals surface area contributed by atoms with Crippen LogP contribution in [0.5, 0.6) is 0 Å². The Morgan fingerprint density at radius 2 is 2.27 bits per heavy atom. The van der Waals surface area contributed by atoms with Crippen molar-refractivity contribution in [3.05, 3.63) is 12.3 Å². The molecule has 0 atom stereocenters. The van der Waals surface area contributed by atoms with Gasteiger partial charge in [-0.05, 0) is 13.8 Å². The molecule has 0 aromatic carbocycles. The zero-order valence-corrected chi connectivity index (χ0v) is 7.29. The molecule has 3 nitrogen and oxygen atoms in total. The Balaban J connectivity index is 4.01. The quantitative estimate of drug-likeness (QED) is 0.488. The topological polar surface area (TPSA) is 41.8 Å². The summed E-state index contributed by atoms with van der Waals surface area (Å²) in [4.78, 5) is 4.05. The van der Waals surface area contributed by atoms with Crippen molar-refractivity contribution in [3.63, 3.8) is 0 Å². The van der Waals surface area contributed by atoms with Crippen molar-refractivity contribution in [3.8, 4) is 0 Å². The van der Waals surface area contributed by atoms with Gasteiger partial charge in [-0.15, -0.1) is 0 Å². The van der Waals surface area contributed by atoms with E-state index in [1.807, 2.05) is 13.8 Å². The SMILES string of the molecule is C=C(C=NC(C)(C)CO)OC. The molecule has 3 heteroatoms. The molecule has 0 spiro atoms. The van der Waals surface area contributed by atoms with E-state index in [2.05, 4.69) is 11.6 Å². The normalized spacial score (nSPS) is 12.0. The van der Waals surface area contributed by atoms with Crippen molar-refractivity contribution < 1.29 is 9.84 Å². The summed E-state index contributed by atoms with van der Waals surface area (Å²) >= 11 is 0. The number of aliphatic imine (C=N–C) groups is 1. The molecular formula is C8H15NO2. The van der Waals surface area contributed by atoms with Crippen molar-refractivity contribution in [2.75, 3.05) is 13.7 Å². The highest BCUT2D eigenvalue weighted by Gasteiger charge is 2.12. The van der Waals surface area contributed by atoms with Crippen LogP contribution in [-0.2, 0) is 4.74 Å². The van der Waals surface area contributed by atoms with E-state index in [0.717, 1.165) is 0 Å². The van der Waals surface area contributed by atoms with Crippen molar-refractivity contribution >= 4 is 6.21 Å². The first-order valence-corrected chi connectivity index (χ1v) is 3.41. The van der Waals surface area contributed by atoms with E-state index in [1.54, 1.807) is 0 Å². The summed E-state index contributed by atoms with van der Waals surface area (Å²) in [6.45, 7) is 7.22. The lowest BCUT2D eigenvalue weighted by molar-refractivity contribution is 0.222. The molecule has 0 radical (unpaired) electrons. The van der Waals surface area contributed by atoms with E-state index in [9.17, 15) is 0 Å². The van der Waals surface area contributed by atoms with Gasteiger partial charge in [-0.2, -0.15) is 0 Å². The third kappa shape index (κ3) is 4.56. The van der Waals surface area contributed by atoms with E-state index in [4.69, 9.17) is 9.84 Å². The molecule has 0 saturated heterocycles. The third-order valence-corrected chi connectivity index (χ3v) is 1.21. The average molecular weight is 157 g/mol. The summed E-state index contributed by atoms with van der Waals surface area (Å²) in [6, 6.07) is 0. The number of ether oxygens (including phenoxy) is 1. The molecule has 0 fully saturated rings. The fraction of sp³-hybridized carbons (Fsp3) is 0.625. The number of allylic oxidation sites excluding steroid dienone is 1. The summed E-state index contributed by atoms with van der Waals surface area (Å²) in [5.74, 6) is 0.492. The smallest absolute Gasteiger partial charge is 0.129 e. The van der Waals surface area contributed by atoms with Gasteiger partial charge in [-0.3, -0.25) is 4.99 Å². The lowest BCUT2D eigenvalue weighted by Gasteiger charge is -2.14. The van der Waals surface area contributed by atoms with E-state index in [1.165, 1.54) is 13.3 Å². The molecule has 0 aliphatic carbocycles. The lowest BCUT2D eigenvalue weighted by Crippen LogP contribution is -2.22. The van der Waals surface area contributed by atoms with Gasteiger partial charge in [0.15, 0.2) is 0 Å². The van der Waals surface area contributed by atoms with Crippen LogP contribution in [0, 0.1) is 0 Å². The van der Waals surface area contributed by atoms with Crippen LogP contribution in [0.15, 0.2) is 17.3 Å². The fourth-order valence-corrected chi connectivity index (χ4v) is 0.340. The number of nitrogens with zero attached hydrogens (tertiary/aromatic N) is 1. The zero-order chi connectivity index (χ0) is 8.91. The number of methoxy groups -OCH3 is 1. The van der Waals surface area contributed by atoms with Crippen LogP contribution < -0.4 is 0 Å². The van der Waals surface area contributed by atoms with Gasteiger partial charge < -0.3 is 9.84 Å². The number of rotatable bonds is 4. The molecule has 0 heterocycles. The average Bonchev–Trinajstić information content (AvgIpc) is 2.00. The second-order valence-electron chi connectivity index (χ2n) is 2.90. The van der Waals surface area contributed by atoms with Crippen molar-refractivity contribution in [1.29, 1.82) is 0 Å². The molecule has 1 N–H and O–H groups in total. The Hall–Kier alpha value is -0.830. The minimum Gasteiger partial charge on any atom is -0.496 e. The summed E-state index contributed by atoms with van der Waals surface area (Å²) < 4.78 is 4.76. The molecule has 64 valence electrons. The molecule has 11 heavy (non-hydrogen) atoms. The van der Waals surface area contributed by atoms with Crippen LogP contribution in [-0.4, -0.2) is 30.6 Å². The predicted molar refractivity (Wildman–Crippen MR) is 45.8 cm³/mol. The monoisotopic (exact) mass is 157 g/mol. The van der Waals surface area contributed by atoms with Gasteiger partial charge in [-0.1, -0.05) is 6.58 Å². The van der Waals surface area contributed by atoms with Gasteiger partial charge in [0, 0.05) is 0 Å². The number of aliphatic hydroxyl groups excluding tert-OH is 1. The highest BCUT2D eigenvalue weighted by molar-refractivity contribution is 5.75. The first-order valence-electron chi connectivity index (χ1n) is 3.41. The molecule has 0 amide bonds. The summed E-state index contributed by atoms with van der Waals surface area (Å²) in [5, 5.41) is 8.80. The Labute approximate surface area is 67.4 Å². The molecule has 0 aliphatic rings. The first kappa shape index (κ1) is 10.2. The molecule has 0 aliphatic heterocycles. The van der Waals surface area contributed by atoms with Crippen LogP contribution in [0.4, 0.5) is 0 Å². The molecule has 0 aromatic rings. The van der Waals surface area contributed by atoms with Crippen molar-refractivity contribution in [2.45, 2.75) is 19.4 Å². The fourth-order valence-electron chi connectivity index (χ4n) is 0.340. The molecule has 0 rings (SSSR count). The standard InChI is InChI=1S/C8H15NO2/c1-7(11-4)5-9-8(2,3)6-10/h5,10H,1,6H2,2-4H3. The number of hydrogen-bond acceptors (Lipinski definition) is 3. The lowest BCUT2D eigenvalue weighted by atomic mass is 10.1. The van der Waals surface area contributed by atoms with Crippen LogP contribution in [0.3, 0.4) is 0 Å². The van der Waals surface area contributed by atoms with Crippen LogP contribution >= 0.6 is 0 Å². The van der Waals surface area contributed by atoms with E-state index in [0.29, 0.717) is 5.76 Å². The molecule has 0 bridgehead atoms. The van der Waals surface area contributed by atoms with Crippen molar-refractivity contribution in [1.82, 2.24) is 0 Å². The van der Waals surface area contributed by atoms with E-state index >= 15 is 0 Å². The molecular weight excluding hydrogens is 142 g/mol. The summed E-state index contributed by atoms with van der Waals surface area (Å²) in [6.07, 6.45) is 1.51. The van der Waals surface area contributed by atoms with E-state index < -0.39 is 5.54 Å².